The van der Waals surface area contributed by atoms with Crippen LogP contribution in [0.5, 0.6) is 0 Å². The first-order chi connectivity index (χ1) is 9.75. The molecule has 0 bridgehead atoms. The summed E-state index contributed by atoms with van der Waals surface area (Å²) in [6.07, 6.45) is 1.02. The predicted molar refractivity (Wildman–Crippen MR) is 93.8 cm³/mol. The van der Waals surface area contributed by atoms with Gasteiger partial charge in [-0.15, -0.1) is 0 Å². The molecule has 1 aromatic carbocycles. The molecule has 0 amide bonds. The van der Waals surface area contributed by atoms with Crippen LogP contribution < -0.4 is 5.73 Å². The van der Waals surface area contributed by atoms with Gasteiger partial charge >= 0.3 is 0 Å². The van der Waals surface area contributed by atoms with E-state index >= 15 is 0 Å². The van der Waals surface area contributed by atoms with Crippen LogP contribution in [-0.4, -0.2) is 9.55 Å². The summed E-state index contributed by atoms with van der Waals surface area (Å²) in [6.45, 7) is 9.47. The molecule has 0 aliphatic rings. The van der Waals surface area contributed by atoms with Crippen LogP contribution in [-0.2, 0) is 12.0 Å². The van der Waals surface area contributed by atoms with E-state index in [1.54, 1.807) is 0 Å². The van der Waals surface area contributed by atoms with Gasteiger partial charge in [-0.2, -0.15) is 0 Å². The molecule has 0 radical (unpaired) electrons. The van der Waals surface area contributed by atoms with Crippen molar-refractivity contribution in [3.8, 4) is 11.3 Å². The summed E-state index contributed by atoms with van der Waals surface area (Å²) in [5.41, 5.74) is 8.05. The third kappa shape index (κ3) is 3.27. The highest BCUT2D eigenvalue weighted by Gasteiger charge is 2.25. The summed E-state index contributed by atoms with van der Waals surface area (Å²) in [4.78, 5) is 4.80. The monoisotopic (exact) mass is 369 g/mol. The zero-order valence-corrected chi connectivity index (χ0v) is 15.2. The molecule has 5 heteroatoms. The number of hydrogen-bond donors (Lipinski definition) is 1. The molecule has 2 rings (SSSR count). The van der Waals surface area contributed by atoms with Gasteiger partial charge in [-0.25, -0.2) is 4.98 Å². The van der Waals surface area contributed by atoms with Gasteiger partial charge in [-0.05, 0) is 34.5 Å². The molecule has 2 aromatic rings. The van der Waals surface area contributed by atoms with Gasteiger partial charge in [0.1, 0.15) is 17.3 Å². The molecule has 2 N–H and O–H groups in total. The number of imidazole rings is 1. The Kier molecular flexibility index (Phi) is 4.69. The maximum absolute atomic E-state index is 6.35. The Morgan fingerprint density at radius 2 is 2.00 bits per heavy atom. The van der Waals surface area contributed by atoms with Crippen molar-refractivity contribution in [2.24, 2.45) is 0 Å². The zero-order chi connectivity index (χ0) is 15.8. The number of hydrogen-bond acceptors (Lipinski definition) is 2. The topological polar surface area (TPSA) is 43.8 Å². The number of nitrogens with zero attached hydrogens (tertiary/aromatic N) is 2. The van der Waals surface area contributed by atoms with Crippen LogP contribution in [0.2, 0.25) is 5.02 Å². The van der Waals surface area contributed by atoms with Crippen molar-refractivity contribution in [3.63, 3.8) is 0 Å². The molecule has 3 nitrogen and oxygen atoms in total. The molecule has 0 atom stereocenters. The summed E-state index contributed by atoms with van der Waals surface area (Å²) in [6, 6.07) is 5.80. The second-order valence-electron chi connectivity index (χ2n) is 6.20. The number of nitrogen functional groups attached to an aromatic ring is 1. The van der Waals surface area contributed by atoms with Crippen LogP contribution in [0.4, 0.5) is 5.82 Å². The average molecular weight is 371 g/mol. The van der Waals surface area contributed by atoms with Gasteiger partial charge in [0.15, 0.2) is 0 Å². The molecule has 1 heterocycles. The number of aromatic nitrogens is 2. The van der Waals surface area contributed by atoms with Crippen molar-refractivity contribution >= 4 is 33.3 Å². The lowest BCUT2D eigenvalue weighted by Gasteiger charge is -2.19. The normalized spacial score (nSPS) is 11.9. The Morgan fingerprint density at radius 3 is 2.52 bits per heavy atom. The fourth-order valence-corrected chi connectivity index (χ4v) is 2.77. The zero-order valence-electron chi connectivity index (χ0n) is 12.9. The summed E-state index contributed by atoms with van der Waals surface area (Å²) < 4.78 is 2.99. The highest BCUT2D eigenvalue weighted by atomic mass is 79.9. The van der Waals surface area contributed by atoms with Crippen LogP contribution in [0.15, 0.2) is 22.7 Å². The van der Waals surface area contributed by atoms with Crippen molar-refractivity contribution in [3.05, 3.63) is 33.5 Å². The molecule has 0 saturated carbocycles. The Balaban J connectivity index is 2.61. The van der Waals surface area contributed by atoms with E-state index < -0.39 is 0 Å². The molecule has 0 unspecified atom stereocenters. The van der Waals surface area contributed by atoms with Gasteiger partial charge in [0.05, 0.1) is 5.02 Å². The molecule has 0 spiro atoms. The summed E-state index contributed by atoms with van der Waals surface area (Å²) in [5, 5.41) is 0.661. The van der Waals surface area contributed by atoms with Gasteiger partial charge in [0.2, 0.25) is 0 Å². The Morgan fingerprint density at radius 1 is 1.33 bits per heavy atom. The number of halogens is 2. The van der Waals surface area contributed by atoms with Gasteiger partial charge < -0.3 is 10.3 Å². The lowest BCUT2D eigenvalue weighted by molar-refractivity contribution is 0.498. The fraction of sp³-hybridized carbons (Fsp3) is 0.438. The van der Waals surface area contributed by atoms with E-state index in [4.69, 9.17) is 22.3 Å². The largest absolute Gasteiger partial charge is 0.383 e. The number of rotatable bonds is 3. The van der Waals surface area contributed by atoms with E-state index in [9.17, 15) is 0 Å². The van der Waals surface area contributed by atoms with Crippen molar-refractivity contribution in [1.82, 2.24) is 9.55 Å². The van der Waals surface area contributed by atoms with Crippen molar-refractivity contribution in [1.29, 1.82) is 0 Å². The minimum Gasteiger partial charge on any atom is -0.383 e. The lowest BCUT2D eigenvalue weighted by atomic mass is 9.95. The first-order valence-electron chi connectivity index (χ1n) is 7.07. The van der Waals surface area contributed by atoms with Crippen LogP contribution >= 0.6 is 27.5 Å². The summed E-state index contributed by atoms with van der Waals surface area (Å²) in [7, 11) is 0. The molecular formula is C16H21BrClN3. The molecule has 21 heavy (non-hydrogen) atoms. The SMILES string of the molecule is CCCn1c(C(C)(C)C)nc(-c2ccc(Br)c(Cl)c2)c1N. The lowest BCUT2D eigenvalue weighted by Crippen LogP contribution is -2.19. The summed E-state index contributed by atoms with van der Waals surface area (Å²) in [5.74, 6) is 1.72. The molecule has 0 fully saturated rings. The maximum Gasteiger partial charge on any atom is 0.131 e. The minimum absolute atomic E-state index is 0.0549. The van der Waals surface area contributed by atoms with Crippen molar-refractivity contribution in [2.45, 2.75) is 46.1 Å². The van der Waals surface area contributed by atoms with E-state index in [1.165, 1.54) is 0 Å². The third-order valence-electron chi connectivity index (χ3n) is 3.32. The quantitative estimate of drug-likeness (QED) is 0.801. The minimum atomic E-state index is -0.0549. The Hall–Kier alpha value is -1.00. The van der Waals surface area contributed by atoms with Crippen LogP contribution in [0.25, 0.3) is 11.3 Å². The van der Waals surface area contributed by atoms with Gasteiger partial charge in [-0.1, -0.05) is 45.4 Å². The number of benzene rings is 1. The first-order valence-corrected chi connectivity index (χ1v) is 8.24. The second-order valence-corrected chi connectivity index (χ2v) is 7.46. The van der Waals surface area contributed by atoms with E-state index in [2.05, 4.69) is 48.2 Å². The third-order valence-corrected chi connectivity index (χ3v) is 4.55. The summed E-state index contributed by atoms with van der Waals surface area (Å²) >= 11 is 9.60. The van der Waals surface area contributed by atoms with E-state index in [-0.39, 0.29) is 5.41 Å². The Labute approximate surface area is 139 Å². The van der Waals surface area contributed by atoms with Crippen LogP contribution in [0.3, 0.4) is 0 Å². The van der Waals surface area contributed by atoms with Crippen molar-refractivity contribution in [2.75, 3.05) is 5.73 Å². The van der Waals surface area contributed by atoms with E-state index in [0.29, 0.717) is 10.8 Å². The maximum atomic E-state index is 6.35. The number of anilines is 1. The van der Waals surface area contributed by atoms with Gasteiger partial charge in [-0.3, -0.25) is 0 Å². The van der Waals surface area contributed by atoms with Crippen LogP contribution in [0, 0.1) is 0 Å². The Bertz CT molecular complexity index is 656. The molecule has 0 aliphatic carbocycles. The second kappa shape index (κ2) is 6.01. The standard InChI is InChI=1S/C16H21BrClN3/c1-5-8-21-14(19)13(20-15(21)16(2,3)4)10-6-7-11(17)12(18)9-10/h6-7,9H,5,8,19H2,1-4H3. The average Bonchev–Trinajstić information content (AvgIpc) is 2.71. The fourth-order valence-electron chi connectivity index (χ4n) is 2.34. The van der Waals surface area contributed by atoms with E-state index in [0.717, 1.165) is 34.5 Å². The van der Waals surface area contributed by atoms with E-state index in [1.807, 2.05) is 18.2 Å². The molecule has 114 valence electrons. The smallest absolute Gasteiger partial charge is 0.131 e. The van der Waals surface area contributed by atoms with Gasteiger partial charge in [0, 0.05) is 22.0 Å². The van der Waals surface area contributed by atoms with Crippen molar-refractivity contribution < 1.29 is 0 Å². The molecular weight excluding hydrogens is 350 g/mol. The molecule has 0 saturated heterocycles. The predicted octanol–water partition coefficient (Wildman–Crippen LogP) is 5.26. The first kappa shape index (κ1) is 16.4. The molecule has 1 aromatic heterocycles. The van der Waals surface area contributed by atoms with Gasteiger partial charge in [0.25, 0.3) is 0 Å². The highest BCUT2D eigenvalue weighted by Crippen LogP contribution is 2.34. The highest BCUT2D eigenvalue weighted by molar-refractivity contribution is 9.10. The molecule has 0 aliphatic heterocycles. The van der Waals surface area contributed by atoms with Crippen LogP contribution in [0.1, 0.15) is 39.9 Å². The number of nitrogens with two attached hydrogens (primary N) is 1.